The Labute approximate surface area is 134 Å². The fourth-order valence-electron chi connectivity index (χ4n) is 3.02. The first kappa shape index (κ1) is 18.7. The summed E-state index contributed by atoms with van der Waals surface area (Å²) >= 11 is 0. The lowest BCUT2D eigenvalue weighted by Gasteiger charge is -2.32. The Balaban J connectivity index is 2.76. The van der Waals surface area contributed by atoms with Crippen molar-refractivity contribution < 1.29 is 4.79 Å². The lowest BCUT2D eigenvalue weighted by Crippen LogP contribution is -2.53. The summed E-state index contributed by atoms with van der Waals surface area (Å²) in [7, 11) is 1.94. The summed E-state index contributed by atoms with van der Waals surface area (Å²) in [5.41, 5.74) is 8.84. The molecule has 1 aromatic rings. The van der Waals surface area contributed by atoms with Gasteiger partial charge in [-0.2, -0.15) is 5.10 Å². The standard InChI is InChI=1S/C17H32N4O/c1-11(2)9-17(6,10-18)19-16(22)12(3)8-15-13(4)20-21(7)14(15)5/h11-12H,8-10,18H2,1-7H3,(H,19,22). The summed E-state index contributed by atoms with van der Waals surface area (Å²) in [6, 6.07) is 0. The van der Waals surface area contributed by atoms with Gasteiger partial charge in [0.05, 0.1) is 5.69 Å². The minimum absolute atomic E-state index is 0.0660. The summed E-state index contributed by atoms with van der Waals surface area (Å²) in [6.07, 6.45) is 1.59. The van der Waals surface area contributed by atoms with Gasteiger partial charge in [-0.1, -0.05) is 20.8 Å². The minimum Gasteiger partial charge on any atom is -0.349 e. The molecule has 0 saturated carbocycles. The van der Waals surface area contributed by atoms with E-state index in [1.54, 1.807) is 0 Å². The van der Waals surface area contributed by atoms with Crippen molar-refractivity contribution in [3.63, 3.8) is 0 Å². The van der Waals surface area contributed by atoms with Gasteiger partial charge in [0.15, 0.2) is 0 Å². The van der Waals surface area contributed by atoms with Crippen LogP contribution in [0.4, 0.5) is 0 Å². The van der Waals surface area contributed by atoms with Crippen LogP contribution in [0, 0.1) is 25.7 Å². The number of nitrogens with two attached hydrogens (primary N) is 1. The van der Waals surface area contributed by atoms with Crippen molar-refractivity contribution in [3.8, 4) is 0 Å². The second-order valence-corrected chi connectivity index (χ2v) is 7.23. The summed E-state index contributed by atoms with van der Waals surface area (Å²) < 4.78 is 1.87. The second-order valence-electron chi connectivity index (χ2n) is 7.23. The number of amides is 1. The highest BCUT2D eigenvalue weighted by atomic mass is 16.2. The number of hydrogen-bond donors (Lipinski definition) is 2. The van der Waals surface area contributed by atoms with E-state index in [-0.39, 0.29) is 17.4 Å². The van der Waals surface area contributed by atoms with Crippen LogP contribution in [0.2, 0.25) is 0 Å². The Bertz CT molecular complexity index is 521. The van der Waals surface area contributed by atoms with Crippen LogP contribution in [0.1, 0.15) is 51.1 Å². The Morgan fingerprint density at radius 2 is 1.95 bits per heavy atom. The highest BCUT2D eigenvalue weighted by Crippen LogP contribution is 2.19. The summed E-state index contributed by atoms with van der Waals surface area (Å²) in [5.74, 6) is 0.461. The number of aromatic nitrogens is 2. The zero-order valence-corrected chi connectivity index (χ0v) is 15.2. The van der Waals surface area contributed by atoms with Crippen LogP contribution >= 0.6 is 0 Å². The van der Waals surface area contributed by atoms with Gasteiger partial charge in [0.25, 0.3) is 0 Å². The number of carbonyl (C=O) groups excluding carboxylic acids is 1. The molecule has 0 aliphatic carbocycles. The molecule has 0 aromatic carbocycles. The first-order valence-electron chi connectivity index (χ1n) is 8.10. The van der Waals surface area contributed by atoms with Gasteiger partial charge in [0.1, 0.15) is 0 Å². The maximum atomic E-state index is 12.5. The lowest BCUT2D eigenvalue weighted by atomic mass is 9.89. The molecule has 1 heterocycles. The molecule has 5 nitrogen and oxygen atoms in total. The molecular weight excluding hydrogens is 276 g/mol. The van der Waals surface area contributed by atoms with E-state index in [1.165, 1.54) is 5.56 Å². The molecule has 0 radical (unpaired) electrons. The fourth-order valence-corrected chi connectivity index (χ4v) is 3.02. The van der Waals surface area contributed by atoms with Crippen molar-refractivity contribution in [2.75, 3.05) is 6.54 Å². The van der Waals surface area contributed by atoms with Crippen LogP contribution in [-0.4, -0.2) is 27.8 Å². The van der Waals surface area contributed by atoms with E-state index in [9.17, 15) is 4.79 Å². The molecule has 1 aromatic heterocycles. The molecular formula is C17H32N4O. The number of nitrogens with one attached hydrogen (secondary N) is 1. The average molecular weight is 308 g/mol. The molecule has 2 atom stereocenters. The smallest absolute Gasteiger partial charge is 0.223 e. The second kappa shape index (κ2) is 7.27. The quantitative estimate of drug-likeness (QED) is 0.810. The van der Waals surface area contributed by atoms with Crippen molar-refractivity contribution in [1.29, 1.82) is 0 Å². The van der Waals surface area contributed by atoms with Crippen LogP contribution in [0.25, 0.3) is 0 Å². The van der Waals surface area contributed by atoms with Gasteiger partial charge in [-0.15, -0.1) is 0 Å². The van der Waals surface area contributed by atoms with Gasteiger partial charge in [-0.25, -0.2) is 0 Å². The normalized spacial score (nSPS) is 15.7. The molecule has 22 heavy (non-hydrogen) atoms. The zero-order valence-electron chi connectivity index (χ0n) is 15.2. The van der Waals surface area contributed by atoms with Gasteiger partial charge in [-0.05, 0) is 45.1 Å². The van der Waals surface area contributed by atoms with E-state index in [2.05, 4.69) is 24.3 Å². The molecule has 0 bridgehead atoms. The fraction of sp³-hybridized carbons (Fsp3) is 0.765. The maximum Gasteiger partial charge on any atom is 0.223 e. The molecule has 0 spiro atoms. The van der Waals surface area contributed by atoms with E-state index in [1.807, 2.05) is 39.4 Å². The molecule has 1 rings (SSSR count). The lowest BCUT2D eigenvalue weighted by molar-refractivity contribution is -0.126. The van der Waals surface area contributed by atoms with Crippen LogP contribution in [0.3, 0.4) is 0 Å². The first-order valence-corrected chi connectivity index (χ1v) is 8.10. The van der Waals surface area contributed by atoms with Gasteiger partial charge in [0, 0.05) is 30.7 Å². The Kier molecular flexibility index (Phi) is 6.17. The number of hydrogen-bond acceptors (Lipinski definition) is 3. The first-order chi connectivity index (χ1) is 10.1. The van der Waals surface area contributed by atoms with Crippen molar-refractivity contribution in [2.24, 2.45) is 24.6 Å². The summed E-state index contributed by atoms with van der Waals surface area (Å²) in [4.78, 5) is 12.5. The van der Waals surface area contributed by atoms with E-state index in [4.69, 9.17) is 5.73 Å². The monoisotopic (exact) mass is 308 g/mol. The largest absolute Gasteiger partial charge is 0.349 e. The Hall–Kier alpha value is -1.36. The van der Waals surface area contributed by atoms with E-state index in [0.717, 1.165) is 17.8 Å². The van der Waals surface area contributed by atoms with E-state index >= 15 is 0 Å². The summed E-state index contributed by atoms with van der Waals surface area (Å²) in [6.45, 7) is 12.8. The molecule has 0 saturated heterocycles. The van der Waals surface area contributed by atoms with E-state index in [0.29, 0.717) is 18.9 Å². The number of aryl methyl sites for hydroxylation is 2. The van der Waals surface area contributed by atoms with E-state index < -0.39 is 0 Å². The SMILES string of the molecule is Cc1nn(C)c(C)c1CC(C)C(=O)NC(C)(CN)CC(C)C. The number of carbonyl (C=O) groups is 1. The highest BCUT2D eigenvalue weighted by Gasteiger charge is 2.28. The third-order valence-electron chi connectivity index (χ3n) is 4.35. The molecule has 0 aliphatic rings. The van der Waals surface area contributed by atoms with Crippen LogP contribution in [0.5, 0.6) is 0 Å². The predicted octanol–water partition coefficient (Wildman–Crippen LogP) is 2.10. The van der Waals surface area contributed by atoms with Crippen molar-refractivity contribution >= 4 is 5.91 Å². The maximum absolute atomic E-state index is 12.5. The van der Waals surface area contributed by atoms with Gasteiger partial charge in [-0.3, -0.25) is 9.48 Å². The molecule has 5 heteroatoms. The van der Waals surface area contributed by atoms with Crippen molar-refractivity contribution in [3.05, 3.63) is 17.0 Å². The predicted molar refractivity (Wildman–Crippen MR) is 90.6 cm³/mol. The van der Waals surface area contributed by atoms with Crippen LogP contribution in [0.15, 0.2) is 0 Å². The third-order valence-corrected chi connectivity index (χ3v) is 4.35. The zero-order chi connectivity index (χ0) is 17.1. The number of rotatable bonds is 7. The molecule has 126 valence electrons. The molecule has 3 N–H and O–H groups in total. The Morgan fingerprint density at radius 1 is 1.36 bits per heavy atom. The average Bonchev–Trinajstić information content (AvgIpc) is 2.64. The van der Waals surface area contributed by atoms with Crippen LogP contribution < -0.4 is 11.1 Å². The Morgan fingerprint density at radius 3 is 2.36 bits per heavy atom. The summed E-state index contributed by atoms with van der Waals surface area (Å²) in [5, 5.41) is 7.57. The van der Waals surface area contributed by atoms with Crippen molar-refractivity contribution in [2.45, 2.75) is 59.9 Å². The molecule has 0 fully saturated rings. The molecule has 0 aliphatic heterocycles. The van der Waals surface area contributed by atoms with Crippen molar-refractivity contribution in [1.82, 2.24) is 15.1 Å². The van der Waals surface area contributed by atoms with Crippen LogP contribution in [-0.2, 0) is 18.3 Å². The topological polar surface area (TPSA) is 72.9 Å². The number of nitrogens with zero attached hydrogens (tertiary/aromatic N) is 2. The van der Waals surface area contributed by atoms with Gasteiger partial charge >= 0.3 is 0 Å². The highest BCUT2D eigenvalue weighted by molar-refractivity contribution is 5.79. The van der Waals surface area contributed by atoms with Gasteiger partial charge < -0.3 is 11.1 Å². The molecule has 1 amide bonds. The van der Waals surface area contributed by atoms with Gasteiger partial charge in [0.2, 0.25) is 5.91 Å². The third kappa shape index (κ3) is 4.57. The molecule has 2 unspecified atom stereocenters. The minimum atomic E-state index is -0.335.